The number of nitrogens with zero attached hydrogens (tertiary/aromatic N) is 1. The number of aliphatic hydroxyl groups excluding tert-OH is 1. The average molecular weight is 680 g/mol. The van der Waals surface area contributed by atoms with Crippen LogP contribution < -0.4 is 15.4 Å². The Bertz CT molecular complexity index is 1670. The Kier molecular flexibility index (Phi) is 10.7. The zero-order valence-electron chi connectivity index (χ0n) is 28.3. The molecule has 4 atom stereocenters. The van der Waals surface area contributed by atoms with Crippen LogP contribution in [0.3, 0.4) is 0 Å². The Morgan fingerprint density at radius 1 is 0.820 bits per heavy atom. The van der Waals surface area contributed by atoms with Gasteiger partial charge in [-0.3, -0.25) is 0 Å². The Balaban J connectivity index is 0.963. The van der Waals surface area contributed by atoms with E-state index in [1.807, 2.05) is 91.0 Å². The summed E-state index contributed by atoms with van der Waals surface area (Å²) in [6.07, 6.45) is 0.885. The van der Waals surface area contributed by atoms with Crippen LogP contribution in [-0.2, 0) is 32.1 Å². The van der Waals surface area contributed by atoms with Gasteiger partial charge in [-0.15, -0.1) is 0 Å². The van der Waals surface area contributed by atoms with Crippen molar-refractivity contribution in [2.24, 2.45) is 5.92 Å². The molecule has 0 unspecified atom stereocenters. The molecular formula is C40H45N3O7. The predicted octanol–water partition coefficient (Wildman–Crippen LogP) is 6.92. The molecule has 3 fully saturated rings. The van der Waals surface area contributed by atoms with E-state index in [-0.39, 0.29) is 30.8 Å². The maximum Gasteiger partial charge on any atom is 0.319 e. The molecule has 0 radical (unpaired) electrons. The van der Waals surface area contributed by atoms with Crippen LogP contribution in [0.25, 0.3) is 0 Å². The number of ether oxygens (including phenoxy) is 5. The molecule has 0 saturated carbocycles. The first-order valence-corrected chi connectivity index (χ1v) is 17.4. The second-order valence-corrected chi connectivity index (χ2v) is 13.2. The predicted molar refractivity (Wildman–Crippen MR) is 189 cm³/mol. The van der Waals surface area contributed by atoms with E-state index >= 15 is 0 Å². The maximum atomic E-state index is 12.7. The van der Waals surface area contributed by atoms with Gasteiger partial charge in [0.15, 0.2) is 12.1 Å². The molecule has 3 saturated heterocycles. The van der Waals surface area contributed by atoms with Gasteiger partial charge in [0.1, 0.15) is 11.5 Å². The van der Waals surface area contributed by atoms with Crippen LogP contribution in [-0.4, -0.2) is 60.8 Å². The number of carbonyl (C=O) groups is 1. The molecule has 0 aromatic heterocycles. The van der Waals surface area contributed by atoms with Gasteiger partial charge < -0.3 is 44.3 Å². The van der Waals surface area contributed by atoms with E-state index in [2.05, 4.69) is 22.5 Å². The van der Waals surface area contributed by atoms with Crippen molar-refractivity contribution in [3.05, 3.63) is 125 Å². The zero-order chi connectivity index (χ0) is 34.3. The van der Waals surface area contributed by atoms with E-state index in [1.54, 1.807) is 12.1 Å². The number of piperidine rings is 1. The molecule has 3 aliphatic rings. The number of para-hydroxylation sites is 1. The zero-order valence-corrected chi connectivity index (χ0v) is 28.3. The summed E-state index contributed by atoms with van der Waals surface area (Å²) in [6.45, 7) is 6.43. The molecule has 0 bridgehead atoms. The largest absolute Gasteiger partial charge is 0.457 e. The number of likely N-dealkylation sites (tertiary alicyclic amines) is 1. The van der Waals surface area contributed by atoms with E-state index in [0.717, 1.165) is 60.5 Å². The highest BCUT2D eigenvalue weighted by molar-refractivity contribution is 5.89. The molecule has 1 spiro atoms. The fourth-order valence-electron chi connectivity index (χ4n) is 6.83. The van der Waals surface area contributed by atoms with Gasteiger partial charge in [0, 0.05) is 56.2 Å². The van der Waals surface area contributed by atoms with Crippen LogP contribution in [0.5, 0.6) is 11.5 Å². The standard InChI is InChI=1S/C40H45N3O7/c1-28-36(26-43-21-19-40(20-22-43)46-23-24-47-40)49-38(50-37(28)31-11-9-30(27-44)10-12-31)32-13-7-29(8-14-32)25-41-39(45)42-33-15-17-35(18-16-33)48-34-5-3-2-4-6-34/h2-18,28,36-38,44H,19-27H2,1H3,(H2,41,42,45)/t28-,36+,37+,38+/m1/s1. The van der Waals surface area contributed by atoms with Crippen LogP contribution in [0.1, 0.15) is 54.4 Å². The number of carbonyl (C=O) groups excluding carboxylic acids is 1. The third-order valence-corrected chi connectivity index (χ3v) is 9.79. The molecule has 4 aromatic rings. The highest BCUT2D eigenvalue weighted by atomic mass is 16.7. The minimum Gasteiger partial charge on any atom is -0.457 e. The summed E-state index contributed by atoms with van der Waals surface area (Å²) in [5.41, 5.74) is 4.45. The Morgan fingerprint density at radius 2 is 1.46 bits per heavy atom. The number of nitrogens with one attached hydrogen (secondary N) is 2. The van der Waals surface area contributed by atoms with Crippen molar-refractivity contribution in [1.29, 1.82) is 0 Å². The fourth-order valence-corrected chi connectivity index (χ4v) is 6.83. The summed E-state index contributed by atoms with van der Waals surface area (Å²) in [6, 6.07) is 32.5. The van der Waals surface area contributed by atoms with Crippen LogP contribution >= 0.6 is 0 Å². The minimum atomic E-state index is -0.560. The van der Waals surface area contributed by atoms with E-state index in [1.165, 1.54) is 0 Å². The van der Waals surface area contributed by atoms with Gasteiger partial charge >= 0.3 is 6.03 Å². The lowest BCUT2D eigenvalue weighted by Gasteiger charge is -2.44. The van der Waals surface area contributed by atoms with Crippen LogP contribution in [0.2, 0.25) is 0 Å². The number of rotatable bonds is 10. The van der Waals surface area contributed by atoms with Gasteiger partial charge in [0.2, 0.25) is 0 Å². The number of hydrogen-bond donors (Lipinski definition) is 3. The third-order valence-electron chi connectivity index (χ3n) is 9.79. The van der Waals surface area contributed by atoms with Crippen molar-refractivity contribution >= 4 is 11.7 Å². The topological polar surface area (TPSA) is 111 Å². The molecule has 3 heterocycles. The van der Waals surface area contributed by atoms with Crippen LogP contribution in [0, 0.1) is 5.92 Å². The maximum absolute atomic E-state index is 12.7. The van der Waals surface area contributed by atoms with E-state index in [0.29, 0.717) is 31.2 Å². The molecular weight excluding hydrogens is 634 g/mol. The Morgan fingerprint density at radius 3 is 2.14 bits per heavy atom. The molecule has 4 aromatic carbocycles. The van der Waals surface area contributed by atoms with Crippen molar-refractivity contribution < 1.29 is 33.6 Å². The first kappa shape index (κ1) is 34.2. The lowest BCUT2D eigenvalue weighted by molar-refractivity contribution is -0.278. The average Bonchev–Trinajstić information content (AvgIpc) is 3.62. The van der Waals surface area contributed by atoms with Gasteiger partial charge in [0.25, 0.3) is 0 Å². The summed E-state index contributed by atoms with van der Waals surface area (Å²) in [4.78, 5) is 15.1. The Hall–Kier alpha value is -4.29. The third kappa shape index (κ3) is 8.35. The van der Waals surface area contributed by atoms with Crippen LogP contribution in [0.15, 0.2) is 103 Å². The van der Waals surface area contributed by atoms with Gasteiger partial charge in [0.05, 0.1) is 32.0 Å². The first-order valence-electron chi connectivity index (χ1n) is 17.4. The van der Waals surface area contributed by atoms with Gasteiger partial charge in [-0.05, 0) is 53.1 Å². The van der Waals surface area contributed by atoms with Gasteiger partial charge in [-0.25, -0.2) is 4.79 Å². The summed E-state index contributed by atoms with van der Waals surface area (Å²) in [5, 5.41) is 15.4. The highest BCUT2D eigenvalue weighted by Crippen LogP contribution is 2.42. The summed E-state index contributed by atoms with van der Waals surface area (Å²) in [7, 11) is 0. The Labute approximate surface area is 293 Å². The highest BCUT2D eigenvalue weighted by Gasteiger charge is 2.43. The number of anilines is 1. The smallest absolute Gasteiger partial charge is 0.319 e. The fraction of sp³-hybridized carbons (Fsp3) is 0.375. The molecule has 3 N–H and O–H groups in total. The second kappa shape index (κ2) is 15.7. The van der Waals surface area contributed by atoms with E-state index < -0.39 is 12.1 Å². The lowest BCUT2D eigenvalue weighted by Crippen LogP contribution is -2.50. The molecule has 262 valence electrons. The second-order valence-electron chi connectivity index (χ2n) is 13.2. The molecule has 2 amide bonds. The van der Waals surface area contributed by atoms with Gasteiger partial charge in [-0.1, -0.05) is 73.7 Å². The number of urea groups is 1. The summed E-state index contributed by atoms with van der Waals surface area (Å²) in [5.74, 6) is 1.12. The number of hydrogen-bond acceptors (Lipinski definition) is 8. The summed E-state index contributed by atoms with van der Waals surface area (Å²) < 4.78 is 31.1. The molecule has 50 heavy (non-hydrogen) atoms. The molecule has 0 aliphatic carbocycles. The molecule has 7 rings (SSSR count). The number of benzene rings is 4. The van der Waals surface area contributed by atoms with Crippen molar-refractivity contribution in [2.75, 3.05) is 38.2 Å². The quantitative estimate of drug-likeness (QED) is 0.166. The lowest BCUT2D eigenvalue weighted by atomic mass is 9.89. The van der Waals surface area contributed by atoms with E-state index in [4.69, 9.17) is 23.7 Å². The van der Waals surface area contributed by atoms with Crippen molar-refractivity contribution in [3.8, 4) is 11.5 Å². The number of aliphatic hydroxyl groups is 1. The minimum absolute atomic E-state index is 0.000177. The van der Waals surface area contributed by atoms with Crippen molar-refractivity contribution in [3.63, 3.8) is 0 Å². The monoisotopic (exact) mass is 679 g/mol. The first-order chi connectivity index (χ1) is 24.4. The van der Waals surface area contributed by atoms with Gasteiger partial charge in [-0.2, -0.15) is 0 Å². The van der Waals surface area contributed by atoms with Crippen molar-refractivity contribution in [2.45, 2.75) is 57.2 Å². The van der Waals surface area contributed by atoms with Crippen LogP contribution in [0.4, 0.5) is 10.5 Å². The SMILES string of the molecule is C[C@@H]1[C@H](CN2CCC3(CC2)OCCO3)O[C@H](c2ccc(CNC(=O)Nc3ccc(Oc4ccccc4)cc3)cc2)O[C@@H]1c1ccc(CO)cc1. The normalized spacial score (nSPS) is 23.4. The number of amides is 2. The van der Waals surface area contributed by atoms with Crippen molar-refractivity contribution in [1.82, 2.24) is 10.2 Å². The molecule has 10 heteroatoms. The molecule has 10 nitrogen and oxygen atoms in total. The molecule has 3 aliphatic heterocycles. The van der Waals surface area contributed by atoms with E-state index in [9.17, 15) is 9.90 Å². The summed E-state index contributed by atoms with van der Waals surface area (Å²) >= 11 is 0.